The van der Waals surface area contributed by atoms with Crippen LogP contribution < -0.4 is 4.72 Å². The first-order valence-corrected chi connectivity index (χ1v) is 7.63. The molecule has 0 atom stereocenters. The van der Waals surface area contributed by atoms with Gasteiger partial charge in [0.05, 0.1) is 5.69 Å². The summed E-state index contributed by atoms with van der Waals surface area (Å²) in [4.78, 5) is 3.68. The van der Waals surface area contributed by atoms with E-state index >= 15 is 0 Å². The number of pyridine rings is 1. The number of nitrogens with zero attached hydrogens (tertiary/aromatic N) is 1. The minimum Gasteiger partial charge on any atom is -0.279 e. The maximum absolute atomic E-state index is 12.9. The molecule has 4 nitrogen and oxygen atoms in total. The monoisotopic (exact) mass is 364 g/mol. The number of sulfonamides is 1. The minimum atomic E-state index is -3.83. The second kappa shape index (κ2) is 5.44. The summed E-state index contributed by atoms with van der Waals surface area (Å²) in [6.45, 7) is 0. The smallest absolute Gasteiger partial charge is 0.263 e. The van der Waals surface area contributed by atoms with E-state index in [1.54, 1.807) is 0 Å². The van der Waals surface area contributed by atoms with Crippen molar-refractivity contribution in [3.8, 4) is 0 Å². The standard InChI is InChI=1S/C11H7BrClFN2O2S/c12-9-5-7(14)1-2-10(9)19(17,18)16-8-3-4-15-11(13)6-8/h1-6H,(H,15,16). The average Bonchev–Trinajstić information content (AvgIpc) is 2.27. The van der Waals surface area contributed by atoms with Crippen LogP contribution >= 0.6 is 27.5 Å². The zero-order valence-corrected chi connectivity index (χ0v) is 12.4. The summed E-state index contributed by atoms with van der Waals surface area (Å²) in [5, 5.41) is 0.165. The van der Waals surface area contributed by atoms with Crippen LogP contribution in [0.4, 0.5) is 10.1 Å². The average molecular weight is 366 g/mol. The lowest BCUT2D eigenvalue weighted by Gasteiger charge is -2.09. The van der Waals surface area contributed by atoms with Gasteiger partial charge in [0.25, 0.3) is 10.0 Å². The van der Waals surface area contributed by atoms with Crippen molar-refractivity contribution >= 4 is 43.2 Å². The van der Waals surface area contributed by atoms with Gasteiger partial charge in [0.15, 0.2) is 0 Å². The number of hydrogen-bond acceptors (Lipinski definition) is 3. The highest BCUT2D eigenvalue weighted by Gasteiger charge is 2.18. The molecule has 0 spiro atoms. The first-order chi connectivity index (χ1) is 8.88. The van der Waals surface area contributed by atoms with Gasteiger partial charge in [-0.05, 0) is 46.3 Å². The zero-order chi connectivity index (χ0) is 14.0. The minimum absolute atomic E-state index is 0.0677. The van der Waals surface area contributed by atoms with Crippen LogP contribution in [0.25, 0.3) is 0 Å². The van der Waals surface area contributed by atoms with E-state index in [0.29, 0.717) is 0 Å². The van der Waals surface area contributed by atoms with Gasteiger partial charge in [-0.15, -0.1) is 0 Å². The third-order valence-electron chi connectivity index (χ3n) is 2.16. The predicted molar refractivity (Wildman–Crippen MR) is 74.2 cm³/mol. The number of benzene rings is 1. The molecular formula is C11H7BrClFN2O2S. The molecule has 0 saturated carbocycles. The van der Waals surface area contributed by atoms with Crippen LogP contribution in [0.3, 0.4) is 0 Å². The summed E-state index contributed by atoms with van der Waals surface area (Å²) in [7, 11) is -3.83. The fourth-order valence-corrected chi connectivity index (χ4v) is 3.64. The molecule has 0 fully saturated rings. The lowest BCUT2D eigenvalue weighted by Crippen LogP contribution is -2.13. The lowest BCUT2D eigenvalue weighted by atomic mass is 10.3. The normalized spacial score (nSPS) is 11.3. The van der Waals surface area contributed by atoms with Crippen molar-refractivity contribution in [1.82, 2.24) is 4.98 Å². The Morgan fingerprint density at radius 1 is 1.26 bits per heavy atom. The van der Waals surface area contributed by atoms with Crippen molar-refractivity contribution in [2.45, 2.75) is 4.90 Å². The third kappa shape index (κ3) is 3.43. The molecule has 19 heavy (non-hydrogen) atoms. The first kappa shape index (κ1) is 14.2. The fourth-order valence-electron chi connectivity index (χ4n) is 1.37. The Bertz CT molecular complexity index is 724. The second-order valence-electron chi connectivity index (χ2n) is 3.55. The quantitative estimate of drug-likeness (QED) is 0.848. The highest BCUT2D eigenvalue weighted by molar-refractivity contribution is 9.10. The topological polar surface area (TPSA) is 59.1 Å². The molecule has 0 aliphatic heterocycles. The largest absolute Gasteiger partial charge is 0.279 e. The number of halogens is 3. The molecular weight excluding hydrogens is 359 g/mol. The highest BCUT2D eigenvalue weighted by Crippen LogP contribution is 2.25. The van der Waals surface area contributed by atoms with E-state index in [0.717, 1.165) is 12.1 Å². The van der Waals surface area contributed by atoms with Crippen LogP contribution in [-0.2, 0) is 10.0 Å². The van der Waals surface area contributed by atoms with Gasteiger partial charge in [0.1, 0.15) is 15.9 Å². The molecule has 0 aliphatic carbocycles. The summed E-state index contributed by atoms with van der Waals surface area (Å²) in [5.74, 6) is -0.530. The van der Waals surface area contributed by atoms with Gasteiger partial charge >= 0.3 is 0 Å². The first-order valence-electron chi connectivity index (χ1n) is 4.98. The van der Waals surface area contributed by atoms with E-state index in [-0.39, 0.29) is 20.2 Å². The van der Waals surface area contributed by atoms with Gasteiger partial charge in [-0.2, -0.15) is 0 Å². The fraction of sp³-hybridized carbons (Fsp3) is 0. The van der Waals surface area contributed by atoms with E-state index in [4.69, 9.17) is 11.6 Å². The summed E-state index contributed by atoms with van der Waals surface area (Å²) in [6, 6.07) is 6.15. The Morgan fingerprint density at radius 2 is 2.00 bits per heavy atom. The zero-order valence-electron chi connectivity index (χ0n) is 9.27. The van der Waals surface area contributed by atoms with Gasteiger partial charge in [0, 0.05) is 10.7 Å². The van der Waals surface area contributed by atoms with E-state index in [1.165, 1.54) is 24.4 Å². The summed E-state index contributed by atoms with van der Waals surface area (Å²) in [5.41, 5.74) is 0.274. The third-order valence-corrected chi connectivity index (χ3v) is 4.73. The molecule has 100 valence electrons. The molecule has 0 unspecified atom stereocenters. The number of aromatic nitrogens is 1. The maximum Gasteiger partial charge on any atom is 0.263 e. The molecule has 1 heterocycles. The lowest BCUT2D eigenvalue weighted by molar-refractivity contribution is 0.599. The maximum atomic E-state index is 12.9. The molecule has 0 amide bonds. The van der Waals surface area contributed by atoms with Gasteiger partial charge < -0.3 is 0 Å². The van der Waals surface area contributed by atoms with Crippen molar-refractivity contribution in [1.29, 1.82) is 0 Å². The van der Waals surface area contributed by atoms with Crippen molar-refractivity contribution in [3.05, 3.63) is 52.0 Å². The van der Waals surface area contributed by atoms with E-state index in [2.05, 4.69) is 25.6 Å². The number of rotatable bonds is 3. The molecule has 2 aromatic rings. The molecule has 1 N–H and O–H groups in total. The Hall–Kier alpha value is -1.18. The molecule has 1 aromatic heterocycles. The van der Waals surface area contributed by atoms with Crippen LogP contribution in [0, 0.1) is 5.82 Å². The molecule has 0 radical (unpaired) electrons. The molecule has 0 aliphatic rings. The Kier molecular flexibility index (Phi) is 4.07. The molecule has 8 heteroatoms. The summed E-state index contributed by atoms with van der Waals surface area (Å²) >= 11 is 8.68. The van der Waals surface area contributed by atoms with Crippen LogP contribution in [0.15, 0.2) is 45.9 Å². The van der Waals surface area contributed by atoms with Gasteiger partial charge in [-0.1, -0.05) is 11.6 Å². The van der Waals surface area contributed by atoms with Gasteiger partial charge in [-0.25, -0.2) is 17.8 Å². The van der Waals surface area contributed by atoms with Crippen molar-refractivity contribution in [3.63, 3.8) is 0 Å². The van der Waals surface area contributed by atoms with Crippen LogP contribution in [0.2, 0.25) is 5.15 Å². The van der Waals surface area contributed by atoms with Gasteiger partial charge in [0.2, 0.25) is 0 Å². The van der Waals surface area contributed by atoms with E-state index < -0.39 is 15.8 Å². The Labute approximate surface area is 122 Å². The predicted octanol–water partition coefficient (Wildman–Crippen LogP) is 3.44. The summed E-state index contributed by atoms with van der Waals surface area (Å²) < 4.78 is 39.7. The van der Waals surface area contributed by atoms with Crippen LogP contribution in [-0.4, -0.2) is 13.4 Å². The number of anilines is 1. The Balaban J connectivity index is 2.38. The number of hydrogen-bond donors (Lipinski definition) is 1. The molecule has 2 rings (SSSR count). The Morgan fingerprint density at radius 3 is 2.63 bits per heavy atom. The highest BCUT2D eigenvalue weighted by atomic mass is 79.9. The van der Waals surface area contributed by atoms with Crippen molar-refractivity contribution in [2.75, 3.05) is 4.72 Å². The van der Waals surface area contributed by atoms with Crippen LogP contribution in [0.5, 0.6) is 0 Å². The molecule has 1 aromatic carbocycles. The van der Waals surface area contributed by atoms with E-state index in [1.807, 2.05) is 0 Å². The van der Waals surface area contributed by atoms with Crippen molar-refractivity contribution < 1.29 is 12.8 Å². The molecule has 0 saturated heterocycles. The summed E-state index contributed by atoms with van der Waals surface area (Å²) in [6.07, 6.45) is 1.37. The SMILES string of the molecule is O=S(=O)(Nc1ccnc(Cl)c1)c1ccc(F)cc1Br. The van der Waals surface area contributed by atoms with Gasteiger partial charge in [-0.3, -0.25) is 4.72 Å². The van der Waals surface area contributed by atoms with Crippen molar-refractivity contribution in [2.24, 2.45) is 0 Å². The van der Waals surface area contributed by atoms with E-state index in [9.17, 15) is 12.8 Å². The second-order valence-corrected chi connectivity index (χ2v) is 6.44. The molecule has 0 bridgehead atoms. The number of nitrogens with one attached hydrogen (secondary N) is 1. The van der Waals surface area contributed by atoms with Crippen LogP contribution in [0.1, 0.15) is 0 Å².